The van der Waals surface area contributed by atoms with E-state index in [1.54, 1.807) is 6.92 Å². The quantitative estimate of drug-likeness (QED) is 0.537. The van der Waals surface area contributed by atoms with Crippen LogP contribution >= 0.6 is 0 Å². The Kier molecular flexibility index (Phi) is 5.70. The van der Waals surface area contributed by atoms with E-state index in [4.69, 9.17) is 5.41 Å². The van der Waals surface area contributed by atoms with Crippen molar-refractivity contribution in [1.29, 1.82) is 5.41 Å². The highest BCUT2D eigenvalue weighted by Gasteiger charge is 2.29. The Balaban J connectivity index is 2.88. The van der Waals surface area contributed by atoms with E-state index in [1.165, 1.54) is 0 Å². The third-order valence-electron chi connectivity index (χ3n) is 4.04. The fourth-order valence-corrected chi connectivity index (χ4v) is 2.79. The largest absolute Gasteiger partial charge is 0.478 e. The summed E-state index contributed by atoms with van der Waals surface area (Å²) in [6, 6.07) is 0.170. The van der Waals surface area contributed by atoms with E-state index in [9.17, 15) is 14.7 Å². The van der Waals surface area contributed by atoms with E-state index in [-0.39, 0.29) is 28.7 Å². The molecule has 1 aliphatic carbocycles. The summed E-state index contributed by atoms with van der Waals surface area (Å²) >= 11 is 0. The van der Waals surface area contributed by atoms with Gasteiger partial charge in [0.25, 0.3) is 0 Å². The van der Waals surface area contributed by atoms with E-state index in [0.29, 0.717) is 5.70 Å². The van der Waals surface area contributed by atoms with Gasteiger partial charge >= 0.3 is 5.97 Å². The predicted molar refractivity (Wildman–Crippen MR) is 82.5 cm³/mol. The smallest absolute Gasteiger partial charge is 0.339 e. The number of Topliss-reactive ketones (excluding diaryl/α,β-unsaturated/α-hetero) is 1. The summed E-state index contributed by atoms with van der Waals surface area (Å²) < 4.78 is 0. The minimum atomic E-state index is -1.08. The standard InChI is InChI=1S/C16H26N2O3/c1-10(19)11-5-7-12(8-6-11)18-14(16(2,3)4)13(9-17)15(20)21/h9,11-12,17-18H,5-8H2,1-4H3,(H,20,21)/b14-13+,17-9?/t11-,12-. The third kappa shape index (κ3) is 4.69. The molecule has 5 nitrogen and oxygen atoms in total. The number of carbonyl (C=O) groups excluding carboxylic acids is 1. The second-order valence-corrected chi connectivity index (χ2v) is 6.79. The van der Waals surface area contributed by atoms with E-state index in [0.717, 1.165) is 31.9 Å². The number of aliphatic carboxylic acids is 1. The van der Waals surface area contributed by atoms with Crippen LogP contribution in [0.25, 0.3) is 0 Å². The monoisotopic (exact) mass is 294 g/mol. The average molecular weight is 294 g/mol. The minimum Gasteiger partial charge on any atom is -0.478 e. The predicted octanol–water partition coefficient (Wildman–Crippen LogP) is 2.76. The van der Waals surface area contributed by atoms with Gasteiger partial charge in [-0.25, -0.2) is 4.79 Å². The molecule has 0 atom stereocenters. The first-order valence-electron chi connectivity index (χ1n) is 7.42. The summed E-state index contributed by atoms with van der Waals surface area (Å²) in [7, 11) is 0. The van der Waals surface area contributed by atoms with Gasteiger partial charge in [0.1, 0.15) is 5.78 Å². The molecular formula is C16H26N2O3. The Bertz CT molecular complexity index is 453. The van der Waals surface area contributed by atoms with Crippen molar-refractivity contribution in [2.75, 3.05) is 0 Å². The summed E-state index contributed by atoms with van der Waals surface area (Å²) in [4.78, 5) is 22.7. The number of ketones is 1. The van der Waals surface area contributed by atoms with Crippen molar-refractivity contribution in [2.45, 2.75) is 59.4 Å². The van der Waals surface area contributed by atoms with Gasteiger partial charge in [-0.15, -0.1) is 0 Å². The van der Waals surface area contributed by atoms with Crippen LogP contribution in [0, 0.1) is 16.7 Å². The van der Waals surface area contributed by atoms with Gasteiger partial charge in [0.05, 0.1) is 5.57 Å². The topological polar surface area (TPSA) is 90.3 Å². The summed E-state index contributed by atoms with van der Waals surface area (Å²) in [5, 5.41) is 19.9. The van der Waals surface area contributed by atoms with E-state index in [1.807, 2.05) is 20.8 Å². The molecular weight excluding hydrogens is 268 g/mol. The van der Waals surface area contributed by atoms with E-state index >= 15 is 0 Å². The third-order valence-corrected chi connectivity index (χ3v) is 4.04. The highest BCUT2D eigenvalue weighted by Crippen LogP contribution is 2.30. The Hall–Kier alpha value is -1.65. The Labute approximate surface area is 126 Å². The molecule has 0 heterocycles. The van der Waals surface area contributed by atoms with Crippen LogP contribution in [0.1, 0.15) is 53.4 Å². The lowest BCUT2D eigenvalue weighted by molar-refractivity contribution is -0.132. The molecule has 1 aliphatic rings. The van der Waals surface area contributed by atoms with Gasteiger partial charge in [-0.1, -0.05) is 20.8 Å². The van der Waals surface area contributed by atoms with Crippen molar-refractivity contribution in [3.05, 3.63) is 11.3 Å². The van der Waals surface area contributed by atoms with Crippen molar-refractivity contribution in [2.24, 2.45) is 11.3 Å². The van der Waals surface area contributed by atoms with Gasteiger partial charge in [-0.3, -0.25) is 4.79 Å². The van der Waals surface area contributed by atoms with Crippen LogP contribution < -0.4 is 5.32 Å². The van der Waals surface area contributed by atoms with Gasteiger partial charge in [0, 0.05) is 29.3 Å². The molecule has 0 spiro atoms. The number of carbonyl (C=O) groups is 2. The first-order valence-corrected chi connectivity index (χ1v) is 7.42. The molecule has 1 fully saturated rings. The zero-order valence-electron chi connectivity index (χ0n) is 13.3. The number of nitrogens with one attached hydrogen (secondary N) is 2. The van der Waals surface area contributed by atoms with Crippen LogP contribution in [0.4, 0.5) is 0 Å². The number of hydrogen-bond donors (Lipinski definition) is 3. The highest BCUT2D eigenvalue weighted by atomic mass is 16.4. The molecule has 0 aromatic rings. The number of hydrogen-bond acceptors (Lipinski definition) is 4. The number of carboxylic acid groups (broad SMARTS) is 1. The van der Waals surface area contributed by atoms with E-state index < -0.39 is 5.97 Å². The maximum atomic E-state index is 11.4. The fourth-order valence-electron chi connectivity index (χ4n) is 2.79. The lowest BCUT2D eigenvalue weighted by atomic mass is 9.82. The van der Waals surface area contributed by atoms with Crippen molar-refractivity contribution in [3.8, 4) is 0 Å². The Morgan fingerprint density at radius 3 is 2.05 bits per heavy atom. The minimum absolute atomic E-state index is 0.0104. The Morgan fingerprint density at radius 1 is 1.19 bits per heavy atom. The summed E-state index contributed by atoms with van der Waals surface area (Å²) in [5.74, 6) is -0.697. The van der Waals surface area contributed by atoms with Crippen molar-refractivity contribution in [1.82, 2.24) is 5.32 Å². The van der Waals surface area contributed by atoms with Crippen molar-refractivity contribution >= 4 is 18.0 Å². The van der Waals surface area contributed by atoms with Gasteiger partial charge < -0.3 is 15.8 Å². The molecule has 0 aromatic carbocycles. The highest BCUT2D eigenvalue weighted by molar-refractivity contribution is 6.08. The van der Waals surface area contributed by atoms with Gasteiger partial charge in [0.15, 0.2) is 0 Å². The van der Waals surface area contributed by atoms with Crippen LogP contribution in [0.2, 0.25) is 0 Å². The van der Waals surface area contributed by atoms with Crippen LogP contribution in [0.5, 0.6) is 0 Å². The molecule has 118 valence electrons. The number of carboxylic acids is 1. The first kappa shape index (κ1) is 17.4. The number of rotatable bonds is 5. The molecule has 3 N–H and O–H groups in total. The average Bonchev–Trinajstić information content (AvgIpc) is 2.37. The first-order chi connectivity index (χ1) is 9.66. The molecule has 21 heavy (non-hydrogen) atoms. The summed E-state index contributed by atoms with van der Waals surface area (Å²) in [6.07, 6.45) is 4.30. The number of allylic oxidation sites excluding steroid dienone is 1. The summed E-state index contributed by atoms with van der Waals surface area (Å²) in [6.45, 7) is 7.44. The molecule has 1 rings (SSSR count). The van der Waals surface area contributed by atoms with Crippen molar-refractivity contribution in [3.63, 3.8) is 0 Å². The normalized spacial score (nSPS) is 24.0. The molecule has 0 amide bonds. The molecule has 1 saturated carbocycles. The lowest BCUT2D eigenvalue weighted by Crippen LogP contribution is -2.39. The SMILES string of the molecule is CC(=O)[C@H]1CC[C@H](N/C(=C(\C=N)C(=O)O)C(C)(C)C)CC1. The molecule has 0 aliphatic heterocycles. The molecule has 0 unspecified atom stereocenters. The van der Waals surface area contributed by atoms with Gasteiger partial charge in [0.2, 0.25) is 0 Å². The molecule has 0 saturated heterocycles. The van der Waals surface area contributed by atoms with Crippen LogP contribution in [0.3, 0.4) is 0 Å². The van der Waals surface area contributed by atoms with Crippen LogP contribution in [-0.2, 0) is 9.59 Å². The molecule has 0 bridgehead atoms. The maximum absolute atomic E-state index is 11.4. The molecule has 5 heteroatoms. The second-order valence-electron chi connectivity index (χ2n) is 6.79. The zero-order valence-corrected chi connectivity index (χ0v) is 13.3. The second kappa shape index (κ2) is 6.87. The van der Waals surface area contributed by atoms with E-state index in [2.05, 4.69) is 5.32 Å². The molecule has 0 radical (unpaired) electrons. The van der Waals surface area contributed by atoms with Crippen LogP contribution in [-0.4, -0.2) is 29.1 Å². The Morgan fingerprint density at radius 2 is 1.71 bits per heavy atom. The maximum Gasteiger partial charge on any atom is 0.339 e. The van der Waals surface area contributed by atoms with Crippen molar-refractivity contribution < 1.29 is 14.7 Å². The summed E-state index contributed by atoms with van der Waals surface area (Å²) in [5.41, 5.74) is 0.232. The van der Waals surface area contributed by atoms with Crippen LogP contribution in [0.15, 0.2) is 11.3 Å². The fraction of sp³-hybridized carbons (Fsp3) is 0.688. The molecule has 0 aromatic heterocycles. The van der Waals surface area contributed by atoms with Gasteiger partial charge in [-0.05, 0) is 32.6 Å². The zero-order chi connectivity index (χ0) is 16.2. The lowest BCUT2D eigenvalue weighted by Gasteiger charge is -2.34. The van der Waals surface area contributed by atoms with Gasteiger partial charge in [-0.2, -0.15) is 0 Å².